The summed E-state index contributed by atoms with van der Waals surface area (Å²) in [6, 6.07) is 15.4. The smallest absolute Gasteiger partial charge is 0.315 e. The number of hydrogen-bond acceptors (Lipinski definition) is 6. The highest BCUT2D eigenvalue weighted by atomic mass is 32.2. The summed E-state index contributed by atoms with van der Waals surface area (Å²) < 4.78 is 15.6. The molecule has 0 atom stereocenters. The first kappa shape index (κ1) is 24.6. The summed E-state index contributed by atoms with van der Waals surface area (Å²) in [5.41, 5.74) is 1.76. The van der Waals surface area contributed by atoms with E-state index in [0.717, 1.165) is 12.8 Å². The molecule has 0 radical (unpaired) electrons. The zero-order valence-corrected chi connectivity index (χ0v) is 19.3. The number of nitrogens with zero attached hydrogens (tertiary/aromatic N) is 1. The van der Waals surface area contributed by atoms with Crippen molar-refractivity contribution in [2.75, 3.05) is 45.4 Å². The third-order valence-electron chi connectivity index (χ3n) is 4.65. The number of methoxy groups -OCH3 is 2. The third-order valence-corrected chi connectivity index (χ3v) is 5.56. The van der Waals surface area contributed by atoms with E-state index >= 15 is 0 Å². The van der Waals surface area contributed by atoms with E-state index in [0.29, 0.717) is 42.5 Å². The van der Waals surface area contributed by atoms with Gasteiger partial charge in [0.1, 0.15) is 11.5 Å². The summed E-state index contributed by atoms with van der Waals surface area (Å²) in [7, 11) is 3.12. The highest BCUT2D eigenvalue weighted by Crippen LogP contribution is 2.24. The minimum absolute atomic E-state index is 0.0815. The maximum absolute atomic E-state index is 13.3. The Morgan fingerprint density at radius 2 is 1.65 bits per heavy atom. The minimum atomic E-state index is -0.230. The van der Waals surface area contributed by atoms with Crippen LogP contribution in [-0.4, -0.2) is 62.2 Å². The first-order valence-electron chi connectivity index (χ1n) is 10.4. The fourth-order valence-corrected chi connectivity index (χ4v) is 3.82. The van der Waals surface area contributed by atoms with Crippen molar-refractivity contribution in [3.63, 3.8) is 0 Å². The summed E-state index contributed by atoms with van der Waals surface area (Å²) in [5.74, 6) is 1.77. The maximum atomic E-state index is 13.3. The predicted molar refractivity (Wildman–Crippen MR) is 124 cm³/mol. The van der Waals surface area contributed by atoms with Crippen molar-refractivity contribution >= 4 is 23.6 Å². The van der Waals surface area contributed by atoms with Crippen molar-refractivity contribution in [2.24, 2.45) is 0 Å². The monoisotopic (exact) mass is 445 g/mol. The lowest BCUT2D eigenvalue weighted by atomic mass is 10.1. The molecule has 0 N–H and O–H groups in total. The number of thioether (sulfide) groups is 1. The molecular formula is C24H31NO5S. The van der Waals surface area contributed by atoms with Gasteiger partial charge in [-0.1, -0.05) is 30.3 Å². The van der Waals surface area contributed by atoms with Crippen LogP contribution in [0.15, 0.2) is 48.5 Å². The molecule has 1 amide bonds. The van der Waals surface area contributed by atoms with Gasteiger partial charge in [0.15, 0.2) is 0 Å². The SMILES string of the molecule is CCOC(=O)CSCCN(CCCc1ccccc1)C(=O)c1cc(OC)cc(OC)c1. The van der Waals surface area contributed by atoms with E-state index in [1.165, 1.54) is 17.3 Å². The van der Waals surface area contributed by atoms with Crippen molar-refractivity contribution in [1.29, 1.82) is 0 Å². The Balaban J connectivity index is 2.04. The molecule has 0 fully saturated rings. The number of carbonyl (C=O) groups excluding carboxylic acids is 2. The van der Waals surface area contributed by atoms with Crippen molar-refractivity contribution in [3.8, 4) is 11.5 Å². The van der Waals surface area contributed by atoms with E-state index in [1.54, 1.807) is 39.3 Å². The van der Waals surface area contributed by atoms with E-state index in [4.69, 9.17) is 14.2 Å². The van der Waals surface area contributed by atoms with Gasteiger partial charge in [-0.15, -0.1) is 11.8 Å². The molecule has 0 saturated carbocycles. The van der Waals surface area contributed by atoms with Gasteiger partial charge >= 0.3 is 5.97 Å². The lowest BCUT2D eigenvalue weighted by Crippen LogP contribution is -2.34. The molecule has 0 spiro atoms. The lowest BCUT2D eigenvalue weighted by molar-refractivity contribution is -0.139. The molecule has 2 aromatic rings. The number of esters is 1. The van der Waals surface area contributed by atoms with Crippen LogP contribution < -0.4 is 9.47 Å². The Morgan fingerprint density at radius 3 is 2.26 bits per heavy atom. The quantitative estimate of drug-likeness (QED) is 0.342. The number of rotatable bonds is 13. The Bertz CT molecular complexity index is 806. The molecule has 6 nitrogen and oxygen atoms in total. The van der Waals surface area contributed by atoms with E-state index < -0.39 is 0 Å². The largest absolute Gasteiger partial charge is 0.497 e. The second kappa shape index (κ2) is 13.6. The fourth-order valence-electron chi connectivity index (χ4n) is 3.08. The minimum Gasteiger partial charge on any atom is -0.497 e. The second-order valence-electron chi connectivity index (χ2n) is 6.84. The van der Waals surface area contributed by atoms with Gasteiger partial charge < -0.3 is 19.1 Å². The Hall–Kier alpha value is -2.67. The molecule has 7 heteroatoms. The average Bonchev–Trinajstić information content (AvgIpc) is 2.80. The topological polar surface area (TPSA) is 65.1 Å². The van der Waals surface area contributed by atoms with Gasteiger partial charge in [-0.3, -0.25) is 9.59 Å². The number of benzene rings is 2. The van der Waals surface area contributed by atoms with E-state index in [-0.39, 0.29) is 17.6 Å². The van der Waals surface area contributed by atoms with Crippen LogP contribution in [0.1, 0.15) is 29.3 Å². The molecular weight excluding hydrogens is 414 g/mol. The third kappa shape index (κ3) is 8.53. The molecule has 0 heterocycles. The molecule has 31 heavy (non-hydrogen) atoms. The zero-order chi connectivity index (χ0) is 22.5. The van der Waals surface area contributed by atoms with Crippen molar-refractivity contribution < 1.29 is 23.8 Å². The van der Waals surface area contributed by atoms with E-state index in [2.05, 4.69) is 12.1 Å². The lowest BCUT2D eigenvalue weighted by Gasteiger charge is -2.23. The van der Waals surface area contributed by atoms with Gasteiger partial charge in [0.25, 0.3) is 5.91 Å². The number of amides is 1. The molecule has 0 unspecified atom stereocenters. The summed E-state index contributed by atoms with van der Waals surface area (Å²) >= 11 is 1.47. The molecule has 0 aliphatic rings. The molecule has 0 saturated heterocycles. The predicted octanol–water partition coefficient (Wildman–Crippen LogP) is 4.08. The first-order valence-corrected chi connectivity index (χ1v) is 11.5. The highest BCUT2D eigenvalue weighted by molar-refractivity contribution is 7.99. The van der Waals surface area contributed by atoms with Gasteiger partial charge in [-0.25, -0.2) is 0 Å². The summed E-state index contributed by atoms with van der Waals surface area (Å²) in [5, 5.41) is 0. The molecule has 0 bridgehead atoms. The van der Waals surface area contributed by atoms with E-state index in [9.17, 15) is 9.59 Å². The molecule has 168 valence electrons. The summed E-state index contributed by atoms with van der Waals surface area (Å²) in [6.45, 7) is 3.32. The molecule has 0 aliphatic carbocycles. The van der Waals surface area contributed by atoms with Gasteiger partial charge in [-0.05, 0) is 37.5 Å². The molecule has 0 aliphatic heterocycles. The van der Waals surface area contributed by atoms with Gasteiger partial charge in [0, 0.05) is 30.5 Å². The van der Waals surface area contributed by atoms with Crippen LogP contribution in [0.4, 0.5) is 0 Å². The van der Waals surface area contributed by atoms with Crippen LogP contribution in [0.3, 0.4) is 0 Å². The summed E-state index contributed by atoms with van der Waals surface area (Å²) in [4.78, 5) is 26.7. The highest BCUT2D eigenvalue weighted by Gasteiger charge is 2.18. The van der Waals surface area contributed by atoms with Gasteiger partial charge in [0.2, 0.25) is 0 Å². The van der Waals surface area contributed by atoms with Crippen LogP contribution >= 0.6 is 11.8 Å². The molecule has 2 aromatic carbocycles. The number of hydrogen-bond donors (Lipinski definition) is 0. The van der Waals surface area contributed by atoms with Crippen LogP contribution in [0.5, 0.6) is 11.5 Å². The van der Waals surface area contributed by atoms with Crippen LogP contribution in [0.25, 0.3) is 0 Å². The zero-order valence-electron chi connectivity index (χ0n) is 18.5. The summed E-state index contributed by atoms with van der Waals surface area (Å²) in [6.07, 6.45) is 1.74. The number of ether oxygens (including phenoxy) is 3. The maximum Gasteiger partial charge on any atom is 0.315 e. The average molecular weight is 446 g/mol. The van der Waals surface area contributed by atoms with E-state index in [1.807, 2.05) is 23.1 Å². The standard InChI is InChI=1S/C24H31NO5S/c1-4-30-23(26)18-31-14-13-25(12-8-11-19-9-6-5-7-10-19)24(27)20-15-21(28-2)17-22(16-20)29-3/h5-7,9-10,15-17H,4,8,11-14,18H2,1-3H3. The van der Waals surface area contributed by atoms with Crippen molar-refractivity contribution in [2.45, 2.75) is 19.8 Å². The van der Waals surface area contributed by atoms with Crippen LogP contribution in [0.2, 0.25) is 0 Å². The van der Waals surface area contributed by atoms with Crippen molar-refractivity contribution in [1.82, 2.24) is 4.90 Å². The molecule has 0 aromatic heterocycles. The Kier molecular flexibility index (Phi) is 10.8. The normalized spacial score (nSPS) is 10.4. The fraction of sp³-hybridized carbons (Fsp3) is 0.417. The van der Waals surface area contributed by atoms with Crippen LogP contribution in [0, 0.1) is 0 Å². The van der Waals surface area contributed by atoms with Gasteiger partial charge in [0.05, 0.1) is 26.6 Å². The van der Waals surface area contributed by atoms with Crippen LogP contribution in [-0.2, 0) is 16.0 Å². The molecule has 2 rings (SSSR count). The number of carbonyl (C=O) groups is 2. The van der Waals surface area contributed by atoms with Crippen molar-refractivity contribution in [3.05, 3.63) is 59.7 Å². The first-order chi connectivity index (χ1) is 15.1. The Morgan fingerprint density at radius 1 is 0.968 bits per heavy atom. The van der Waals surface area contributed by atoms with Gasteiger partial charge in [-0.2, -0.15) is 0 Å². The second-order valence-corrected chi connectivity index (χ2v) is 7.95. The number of aryl methyl sites for hydroxylation is 1. The Labute approximate surface area is 188 Å².